The molecule has 3 aromatic rings. The van der Waals surface area contributed by atoms with E-state index in [-0.39, 0.29) is 12.7 Å². The number of benzene rings is 3. The van der Waals surface area contributed by atoms with Crippen molar-refractivity contribution in [3.05, 3.63) is 101 Å². The molecule has 0 atom stereocenters. The monoisotopic (exact) mass is 433 g/mol. The smallest absolute Gasteiger partial charge is 0.410 e. The number of carbonyl (C=O) groups is 1. The van der Waals surface area contributed by atoms with E-state index in [1.54, 1.807) is 4.90 Å². The maximum Gasteiger partial charge on any atom is 0.410 e. The van der Waals surface area contributed by atoms with Gasteiger partial charge in [-0.25, -0.2) is 4.79 Å². The Kier molecular flexibility index (Phi) is 6.43. The van der Waals surface area contributed by atoms with Gasteiger partial charge in [-0.3, -0.25) is 0 Å². The minimum atomic E-state index is -0.309. The van der Waals surface area contributed by atoms with Gasteiger partial charge in [0.05, 0.1) is 11.4 Å². The first-order chi connectivity index (χ1) is 15.1. The third kappa shape index (κ3) is 5.01. The molecule has 0 aliphatic carbocycles. The summed E-state index contributed by atoms with van der Waals surface area (Å²) in [7, 11) is 0. The van der Waals surface area contributed by atoms with Crippen molar-refractivity contribution in [2.24, 2.45) is 0 Å². The van der Waals surface area contributed by atoms with Gasteiger partial charge >= 0.3 is 6.09 Å². The van der Waals surface area contributed by atoms with Crippen LogP contribution in [0.25, 0.3) is 0 Å². The molecule has 0 bridgehead atoms. The highest BCUT2D eigenvalue weighted by molar-refractivity contribution is 6.30. The number of rotatable bonds is 5. The van der Waals surface area contributed by atoms with Crippen LogP contribution < -0.4 is 10.6 Å². The third-order valence-electron chi connectivity index (χ3n) is 5.20. The molecule has 0 aromatic heterocycles. The maximum absolute atomic E-state index is 12.5. The molecule has 0 radical (unpaired) electrons. The number of nitrogens with zero attached hydrogens (tertiary/aromatic N) is 2. The SMILES string of the molecule is Nc1ccccc1N(C1=CCN(C(=O)OCc2ccccc2)CC1)c1ccc(Cl)cc1. The highest BCUT2D eigenvalue weighted by Gasteiger charge is 2.24. The quantitative estimate of drug-likeness (QED) is 0.502. The fourth-order valence-electron chi connectivity index (χ4n) is 3.58. The zero-order valence-corrected chi connectivity index (χ0v) is 17.8. The predicted molar refractivity (Wildman–Crippen MR) is 125 cm³/mol. The van der Waals surface area contributed by atoms with Crippen LogP contribution in [-0.4, -0.2) is 24.1 Å². The highest BCUT2D eigenvalue weighted by Crippen LogP contribution is 2.36. The van der Waals surface area contributed by atoms with Crippen molar-refractivity contribution in [1.29, 1.82) is 0 Å². The van der Waals surface area contributed by atoms with Crippen molar-refractivity contribution in [3.8, 4) is 0 Å². The van der Waals surface area contributed by atoms with E-state index in [4.69, 9.17) is 22.1 Å². The van der Waals surface area contributed by atoms with Crippen LogP contribution in [0.1, 0.15) is 12.0 Å². The van der Waals surface area contributed by atoms with Gasteiger partial charge in [0, 0.05) is 35.9 Å². The number of hydrogen-bond acceptors (Lipinski definition) is 4. The van der Waals surface area contributed by atoms with E-state index in [1.165, 1.54) is 0 Å². The number of ether oxygens (including phenoxy) is 1. The minimum Gasteiger partial charge on any atom is -0.445 e. The van der Waals surface area contributed by atoms with Crippen LogP contribution in [-0.2, 0) is 11.3 Å². The number of para-hydroxylation sites is 2. The second kappa shape index (κ2) is 9.58. The van der Waals surface area contributed by atoms with Crippen LogP contribution in [0.2, 0.25) is 5.02 Å². The van der Waals surface area contributed by atoms with E-state index in [9.17, 15) is 4.79 Å². The number of nitrogen functional groups attached to an aromatic ring is 1. The van der Waals surface area contributed by atoms with Crippen molar-refractivity contribution < 1.29 is 9.53 Å². The number of hydrogen-bond donors (Lipinski definition) is 1. The van der Waals surface area contributed by atoms with Crippen LogP contribution >= 0.6 is 11.6 Å². The van der Waals surface area contributed by atoms with Crippen LogP contribution in [0, 0.1) is 0 Å². The van der Waals surface area contributed by atoms with Gasteiger partial charge in [0.1, 0.15) is 6.61 Å². The number of nitrogens with two attached hydrogens (primary N) is 1. The van der Waals surface area contributed by atoms with Gasteiger partial charge in [-0.2, -0.15) is 0 Å². The average Bonchev–Trinajstić information content (AvgIpc) is 2.81. The van der Waals surface area contributed by atoms with E-state index in [0.717, 1.165) is 22.6 Å². The molecule has 0 fully saturated rings. The van der Waals surface area contributed by atoms with Gasteiger partial charge in [0.2, 0.25) is 0 Å². The fraction of sp³-hybridized carbons (Fsp3) is 0.160. The molecule has 1 aliphatic rings. The maximum atomic E-state index is 12.5. The first kappa shape index (κ1) is 20.8. The number of amides is 1. The lowest BCUT2D eigenvalue weighted by molar-refractivity contribution is 0.0989. The Morgan fingerprint density at radius 3 is 2.39 bits per heavy atom. The molecule has 158 valence electrons. The Balaban J connectivity index is 1.51. The third-order valence-corrected chi connectivity index (χ3v) is 5.45. The number of anilines is 3. The van der Waals surface area contributed by atoms with Crippen molar-refractivity contribution >= 4 is 34.8 Å². The van der Waals surface area contributed by atoms with Gasteiger partial charge in [-0.15, -0.1) is 0 Å². The summed E-state index contributed by atoms with van der Waals surface area (Å²) in [6.07, 6.45) is 2.42. The van der Waals surface area contributed by atoms with Crippen LogP contribution in [0.15, 0.2) is 90.6 Å². The summed E-state index contributed by atoms with van der Waals surface area (Å²) >= 11 is 6.09. The summed E-state index contributed by atoms with van der Waals surface area (Å²) in [5.41, 5.74) is 10.9. The molecule has 3 aromatic carbocycles. The molecule has 2 N–H and O–H groups in total. The first-order valence-electron chi connectivity index (χ1n) is 10.2. The Labute approximate surface area is 187 Å². The summed E-state index contributed by atoms with van der Waals surface area (Å²) in [6.45, 7) is 1.31. The molecule has 0 spiro atoms. The predicted octanol–water partition coefficient (Wildman–Crippen LogP) is 5.99. The molecule has 1 amide bonds. The second-order valence-electron chi connectivity index (χ2n) is 7.30. The van der Waals surface area contributed by atoms with Gasteiger partial charge < -0.3 is 20.3 Å². The summed E-state index contributed by atoms with van der Waals surface area (Å²) in [6, 6.07) is 25.1. The second-order valence-corrected chi connectivity index (χ2v) is 7.74. The average molecular weight is 434 g/mol. The molecule has 4 rings (SSSR count). The van der Waals surface area contributed by atoms with Crippen LogP contribution in [0.3, 0.4) is 0 Å². The Bertz CT molecular complexity index is 1070. The summed E-state index contributed by atoms with van der Waals surface area (Å²) < 4.78 is 5.47. The zero-order valence-electron chi connectivity index (χ0n) is 17.1. The molecule has 31 heavy (non-hydrogen) atoms. The fourth-order valence-corrected chi connectivity index (χ4v) is 3.70. The molecule has 1 heterocycles. The van der Waals surface area contributed by atoms with Crippen molar-refractivity contribution in [2.45, 2.75) is 13.0 Å². The minimum absolute atomic E-state index is 0.268. The van der Waals surface area contributed by atoms with Crippen molar-refractivity contribution in [3.63, 3.8) is 0 Å². The summed E-state index contributed by atoms with van der Waals surface area (Å²) in [4.78, 5) is 16.3. The Hall–Kier alpha value is -3.44. The van der Waals surface area contributed by atoms with E-state index < -0.39 is 0 Å². The van der Waals surface area contributed by atoms with Gasteiger partial charge in [0.25, 0.3) is 0 Å². The number of carbonyl (C=O) groups excluding carboxylic acids is 1. The lowest BCUT2D eigenvalue weighted by atomic mass is 10.1. The van der Waals surface area contributed by atoms with Crippen molar-refractivity contribution in [2.75, 3.05) is 23.7 Å². The molecule has 0 unspecified atom stereocenters. The normalized spacial score (nSPS) is 13.5. The molecule has 1 aliphatic heterocycles. The van der Waals surface area contributed by atoms with Crippen molar-refractivity contribution in [1.82, 2.24) is 4.90 Å². The van der Waals surface area contributed by atoms with E-state index in [2.05, 4.69) is 4.90 Å². The number of halogens is 1. The van der Waals surface area contributed by atoms with Crippen LogP contribution in [0.4, 0.5) is 21.9 Å². The van der Waals surface area contributed by atoms with Gasteiger partial charge in [-0.05, 0) is 48.0 Å². The lowest BCUT2D eigenvalue weighted by Crippen LogP contribution is -2.37. The van der Waals surface area contributed by atoms with Gasteiger partial charge in [-0.1, -0.05) is 54.1 Å². The molecule has 0 saturated carbocycles. The van der Waals surface area contributed by atoms with Crippen LogP contribution in [0.5, 0.6) is 0 Å². The molecule has 0 saturated heterocycles. The first-order valence-corrected chi connectivity index (χ1v) is 10.5. The lowest BCUT2D eigenvalue weighted by Gasteiger charge is -2.34. The van der Waals surface area contributed by atoms with E-state index in [1.807, 2.05) is 84.9 Å². The molecule has 6 heteroatoms. The van der Waals surface area contributed by atoms with E-state index >= 15 is 0 Å². The molecular formula is C25H24ClN3O2. The summed E-state index contributed by atoms with van der Waals surface area (Å²) in [5.74, 6) is 0. The molecular weight excluding hydrogens is 410 g/mol. The van der Waals surface area contributed by atoms with Gasteiger partial charge in [0.15, 0.2) is 0 Å². The highest BCUT2D eigenvalue weighted by atomic mass is 35.5. The molecule has 5 nitrogen and oxygen atoms in total. The largest absolute Gasteiger partial charge is 0.445 e. The standard InChI is InChI=1S/C25H24ClN3O2/c26-20-10-12-21(13-11-20)29(24-9-5-4-8-23(24)27)22-14-16-28(17-15-22)25(30)31-18-19-6-2-1-3-7-19/h1-14H,15-18,27H2. The zero-order chi connectivity index (χ0) is 21.6. The Morgan fingerprint density at radius 1 is 1.00 bits per heavy atom. The Morgan fingerprint density at radius 2 is 1.71 bits per heavy atom. The topological polar surface area (TPSA) is 58.8 Å². The van der Waals surface area contributed by atoms with E-state index in [0.29, 0.717) is 30.2 Å². The summed E-state index contributed by atoms with van der Waals surface area (Å²) in [5, 5.41) is 0.676.